The van der Waals surface area contributed by atoms with Gasteiger partial charge >= 0.3 is 0 Å². The van der Waals surface area contributed by atoms with Crippen molar-refractivity contribution in [1.29, 1.82) is 0 Å². The smallest absolute Gasteiger partial charge is 0.225 e. The van der Waals surface area contributed by atoms with E-state index in [1.807, 2.05) is 12.3 Å². The van der Waals surface area contributed by atoms with Crippen molar-refractivity contribution >= 4 is 11.7 Å². The molecule has 4 rings (SSSR count). The average Bonchev–Trinajstić information content (AvgIpc) is 2.83. The second kappa shape index (κ2) is 9.94. The number of carbonyl (C=O) groups is 1. The highest BCUT2D eigenvalue weighted by Gasteiger charge is 2.26. The monoisotopic (exact) mass is 428 g/mol. The number of rotatable bonds is 6. The van der Waals surface area contributed by atoms with Crippen LogP contribution in [0.1, 0.15) is 49.3 Å². The molecular weight excluding hydrogens is 396 g/mol. The Kier molecular flexibility index (Phi) is 6.84. The standard InChI is InChI=1S/C27H32N4O/c1-19(2)22-12-8-21(9-13-22)17-29-27(32)24-5-4-16-31(18-24)25-14-15-28-26(30-25)23-10-6-20(3)7-11-23/h6-15,19,24H,4-5,16-18H2,1-3H3,(H,29,32)/t24-/m0/s1. The summed E-state index contributed by atoms with van der Waals surface area (Å²) in [6.07, 6.45) is 3.69. The van der Waals surface area contributed by atoms with Gasteiger partial charge in [0.2, 0.25) is 5.91 Å². The predicted octanol–water partition coefficient (Wildman–Crippen LogP) is 5.11. The van der Waals surface area contributed by atoms with Gasteiger partial charge in [-0.25, -0.2) is 9.97 Å². The fourth-order valence-corrected chi connectivity index (χ4v) is 4.12. The highest BCUT2D eigenvalue weighted by molar-refractivity contribution is 5.79. The molecule has 1 aliphatic rings. The highest BCUT2D eigenvalue weighted by Crippen LogP contribution is 2.24. The SMILES string of the molecule is Cc1ccc(-c2nccc(N3CCC[C@H](C(=O)NCc4ccc(C(C)C)cc4)C3)n2)cc1. The Bertz CT molecular complexity index is 1040. The second-order valence-electron chi connectivity index (χ2n) is 9.00. The average molecular weight is 429 g/mol. The van der Waals surface area contributed by atoms with Gasteiger partial charge in [0.05, 0.1) is 5.92 Å². The Morgan fingerprint density at radius 3 is 2.56 bits per heavy atom. The highest BCUT2D eigenvalue weighted by atomic mass is 16.1. The summed E-state index contributed by atoms with van der Waals surface area (Å²) >= 11 is 0. The first kappa shape index (κ1) is 22.0. The number of anilines is 1. The molecule has 0 radical (unpaired) electrons. The number of hydrogen-bond donors (Lipinski definition) is 1. The number of aryl methyl sites for hydroxylation is 1. The zero-order valence-corrected chi connectivity index (χ0v) is 19.2. The second-order valence-corrected chi connectivity index (χ2v) is 9.00. The summed E-state index contributed by atoms with van der Waals surface area (Å²) < 4.78 is 0. The fraction of sp³-hybridized carbons (Fsp3) is 0.370. The Hall–Kier alpha value is -3.21. The van der Waals surface area contributed by atoms with Gasteiger partial charge in [-0.3, -0.25) is 4.79 Å². The van der Waals surface area contributed by atoms with Crippen LogP contribution in [-0.2, 0) is 11.3 Å². The van der Waals surface area contributed by atoms with Crippen molar-refractivity contribution in [2.75, 3.05) is 18.0 Å². The molecule has 1 saturated heterocycles. The van der Waals surface area contributed by atoms with Crippen LogP contribution in [0, 0.1) is 12.8 Å². The van der Waals surface area contributed by atoms with Crippen molar-refractivity contribution < 1.29 is 4.79 Å². The summed E-state index contributed by atoms with van der Waals surface area (Å²) in [5.41, 5.74) is 4.67. The Morgan fingerprint density at radius 2 is 1.84 bits per heavy atom. The van der Waals surface area contributed by atoms with Crippen LogP contribution in [0.3, 0.4) is 0 Å². The number of benzene rings is 2. The number of piperidine rings is 1. The molecule has 1 atom stereocenters. The summed E-state index contributed by atoms with van der Waals surface area (Å²) in [7, 11) is 0. The van der Waals surface area contributed by atoms with Crippen molar-refractivity contribution in [2.24, 2.45) is 5.92 Å². The van der Waals surface area contributed by atoms with Crippen LogP contribution in [0.25, 0.3) is 11.4 Å². The molecule has 1 fully saturated rings. The van der Waals surface area contributed by atoms with Crippen LogP contribution in [0.15, 0.2) is 60.8 Å². The minimum Gasteiger partial charge on any atom is -0.356 e. The van der Waals surface area contributed by atoms with Gasteiger partial charge < -0.3 is 10.2 Å². The Morgan fingerprint density at radius 1 is 1.09 bits per heavy atom. The zero-order chi connectivity index (χ0) is 22.5. The minimum absolute atomic E-state index is 0.0310. The van der Waals surface area contributed by atoms with Crippen molar-refractivity contribution in [2.45, 2.75) is 46.1 Å². The first-order valence-corrected chi connectivity index (χ1v) is 11.5. The molecule has 32 heavy (non-hydrogen) atoms. The number of amides is 1. The molecule has 1 aliphatic heterocycles. The van der Waals surface area contributed by atoms with Crippen molar-refractivity contribution in [3.8, 4) is 11.4 Å². The van der Waals surface area contributed by atoms with E-state index in [1.165, 1.54) is 11.1 Å². The van der Waals surface area contributed by atoms with Gasteiger partial charge in [0.15, 0.2) is 5.82 Å². The van der Waals surface area contributed by atoms with E-state index in [-0.39, 0.29) is 11.8 Å². The molecule has 0 spiro atoms. The van der Waals surface area contributed by atoms with Gasteiger partial charge in [-0.05, 0) is 42.9 Å². The molecule has 2 heterocycles. The summed E-state index contributed by atoms with van der Waals surface area (Å²) in [6, 6.07) is 18.7. The van der Waals surface area contributed by atoms with Crippen LogP contribution in [0.4, 0.5) is 5.82 Å². The van der Waals surface area contributed by atoms with Crippen LogP contribution >= 0.6 is 0 Å². The van der Waals surface area contributed by atoms with Gasteiger partial charge in [-0.2, -0.15) is 0 Å². The number of carbonyl (C=O) groups excluding carboxylic acids is 1. The van der Waals surface area contributed by atoms with Crippen molar-refractivity contribution in [3.05, 3.63) is 77.5 Å². The van der Waals surface area contributed by atoms with E-state index in [0.717, 1.165) is 42.2 Å². The van der Waals surface area contributed by atoms with Gasteiger partial charge in [-0.1, -0.05) is 67.9 Å². The van der Waals surface area contributed by atoms with Gasteiger partial charge in [0.25, 0.3) is 0 Å². The zero-order valence-electron chi connectivity index (χ0n) is 19.2. The topological polar surface area (TPSA) is 58.1 Å². The molecule has 0 saturated carbocycles. The molecule has 166 valence electrons. The van der Waals surface area contributed by atoms with E-state index in [1.54, 1.807) is 0 Å². The van der Waals surface area contributed by atoms with Crippen LogP contribution in [0.2, 0.25) is 0 Å². The lowest BCUT2D eigenvalue weighted by atomic mass is 9.97. The molecule has 0 unspecified atom stereocenters. The molecule has 1 N–H and O–H groups in total. The number of nitrogens with zero attached hydrogens (tertiary/aromatic N) is 3. The third-order valence-corrected chi connectivity index (χ3v) is 6.18. The molecule has 3 aromatic rings. The van der Waals surface area contributed by atoms with Crippen molar-refractivity contribution in [1.82, 2.24) is 15.3 Å². The number of hydrogen-bond acceptors (Lipinski definition) is 4. The maximum Gasteiger partial charge on any atom is 0.225 e. The first-order chi connectivity index (χ1) is 15.5. The van der Waals surface area contributed by atoms with E-state index < -0.39 is 0 Å². The summed E-state index contributed by atoms with van der Waals surface area (Å²) in [6.45, 7) is 8.60. The normalized spacial score (nSPS) is 16.2. The molecule has 5 heteroatoms. The van der Waals surface area contributed by atoms with Crippen molar-refractivity contribution in [3.63, 3.8) is 0 Å². The lowest BCUT2D eigenvalue weighted by molar-refractivity contribution is -0.125. The fourth-order valence-electron chi connectivity index (χ4n) is 4.12. The molecule has 2 aromatic carbocycles. The number of nitrogens with one attached hydrogen (secondary N) is 1. The van der Waals surface area contributed by atoms with Gasteiger partial charge in [0.1, 0.15) is 5.82 Å². The molecule has 5 nitrogen and oxygen atoms in total. The summed E-state index contributed by atoms with van der Waals surface area (Å²) in [5.74, 6) is 2.21. The third kappa shape index (κ3) is 5.34. The van der Waals surface area contributed by atoms with Gasteiger partial charge in [0, 0.05) is 31.4 Å². The lowest BCUT2D eigenvalue weighted by Crippen LogP contribution is -2.43. The molecule has 1 amide bonds. The summed E-state index contributed by atoms with van der Waals surface area (Å²) in [4.78, 5) is 24.3. The largest absolute Gasteiger partial charge is 0.356 e. The number of aromatic nitrogens is 2. The van der Waals surface area contributed by atoms with Crippen LogP contribution in [0.5, 0.6) is 0 Å². The quantitative estimate of drug-likeness (QED) is 0.593. The lowest BCUT2D eigenvalue weighted by Gasteiger charge is -2.33. The van der Waals surface area contributed by atoms with Crippen LogP contribution in [-0.4, -0.2) is 29.0 Å². The first-order valence-electron chi connectivity index (χ1n) is 11.5. The van der Waals surface area contributed by atoms with Gasteiger partial charge in [-0.15, -0.1) is 0 Å². The Balaban J connectivity index is 1.38. The van der Waals surface area contributed by atoms with E-state index in [0.29, 0.717) is 19.0 Å². The summed E-state index contributed by atoms with van der Waals surface area (Å²) in [5, 5.41) is 3.13. The predicted molar refractivity (Wildman–Crippen MR) is 130 cm³/mol. The maximum absolute atomic E-state index is 12.9. The Labute approximate surface area is 190 Å². The van der Waals surface area contributed by atoms with E-state index in [9.17, 15) is 4.79 Å². The molecule has 1 aromatic heterocycles. The molecular formula is C27H32N4O. The minimum atomic E-state index is -0.0310. The maximum atomic E-state index is 12.9. The van der Waals surface area contributed by atoms with Crippen LogP contribution < -0.4 is 10.2 Å². The molecule has 0 aliphatic carbocycles. The van der Waals surface area contributed by atoms with E-state index in [2.05, 4.69) is 84.5 Å². The third-order valence-electron chi connectivity index (χ3n) is 6.18. The van der Waals surface area contributed by atoms with E-state index in [4.69, 9.17) is 4.98 Å². The van der Waals surface area contributed by atoms with E-state index >= 15 is 0 Å². The molecule has 0 bridgehead atoms.